The Labute approximate surface area is 137 Å². The molecule has 3 nitrogen and oxygen atoms in total. The number of carbonyl (C=O) groups excluding carboxylic acids is 1. The highest BCUT2D eigenvalue weighted by atomic mass is 79.9. The second-order valence-electron chi connectivity index (χ2n) is 4.45. The Morgan fingerprint density at radius 3 is 2.38 bits per heavy atom. The van der Waals surface area contributed by atoms with Gasteiger partial charge < -0.3 is 5.32 Å². The summed E-state index contributed by atoms with van der Waals surface area (Å²) in [5, 5.41) is 6.05. The summed E-state index contributed by atoms with van der Waals surface area (Å²) in [6.07, 6.45) is 0.842. The first-order valence-electron chi connectivity index (χ1n) is 6.54. The van der Waals surface area contributed by atoms with Crippen LogP contribution in [0.25, 0.3) is 0 Å². The second-order valence-corrected chi connectivity index (χ2v) is 5.78. The number of nitrogens with one attached hydrogen (secondary N) is 2. The van der Waals surface area contributed by atoms with Crippen LogP contribution in [-0.4, -0.2) is 17.6 Å². The van der Waals surface area contributed by atoms with Gasteiger partial charge in [0.1, 0.15) is 0 Å². The predicted octanol–water partition coefficient (Wildman–Crippen LogP) is 3.30. The summed E-state index contributed by atoms with van der Waals surface area (Å²) < 4.78 is 1.06. The number of benzene rings is 2. The van der Waals surface area contributed by atoms with E-state index in [0.29, 0.717) is 17.2 Å². The second kappa shape index (κ2) is 7.90. The van der Waals surface area contributed by atoms with Gasteiger partial charge in [0.05, 0.1) is 0 Å². The number of carbonyl (C=O) groups is 1. The van der Waals surface area contributed by atoms with Crippen molar-refractivity contribution in [2.45, 2.75) is 6.42 Å². The summed E-state index contributed by atoms with van der Waals surface area (Å²) in [4.78, 5) is 11.9. The molecule has 0 aliphatic carbocycles. The molecule has 5 heteroatoms. The maximum Gasteiger partial charge on any atom is 0.257 e. The van der Waals surface area contributed by atoms with Crippen molar-refractivity contribution in [2.24, 2.45) is 0 Å². The highest BCUT2D eigenvalue weighted by Crippen LogP contribution is 2.10. The third kappa shape index (κ3) is 5.28. The number of rotatable bonds is 4. The van der Waals surface area contributed by atoms with Gasteiger partial charge in [-0.3, -0.25) is 10.1 Å². The van der Waals surface area contributed by atoms with Crippen molar-refractivity contribution in [3.8, 4) is 0 Å². The zero-order valence-corrected chi connectivity index (χ0v) is 13.7. The summed E-state index contributed by atoms with van der Waals surface area (Å²) in [5.74, 6) is -0.197. The summed E-state index contributed by atoms with van der Waals surface area (Å²) in [5.41, 5.74) is 1.80. The maximum absolute atomic E-state index is 11.9. The van der Waals surface area contributed by atoms with Crippen LogP contribution in [0.4, 0.5) is 0 Å². The minimum absolute atomic E-state index is 0.197. The molecule has 2 aromatic rings. The van der Waals surface area contributed by atoms with Crippen LogP contribution in [0.15, 0.2) is 59.1 Å². The van der Waals surface area contributed by atoms with Gasteiger partial charge in [-0.15, -0.1) is 0 Å². The van der Waals surface area contributed by atoms with Crippen LogP contribution in [0.5, 0.6) is 0 Å². The average molecular weight is 363 g/mol. The summed E-state index contributed by atoms with van der Waals surface area (Å²) in [7, 11) is 0. The molecule has 0 saturated carbocycles. The fourth-order valence-corrected chi connectivity index (χ4v) is 2.24. The fourth-order valence-electron chi connectivity index (χ4n) is 1.78. The van der Waals surface area contributed by atoms with Crippen LogP contribution in [0.2, 0.25) is 0 Å². The average Bonchev–Trinajstić information content (AvgIpc) is 2.50. The lowest BCUT2D eigenvalue weighted by Gasteiger charge is -2.09. The van der Waals surface area contributed by atoms with E-state index in [2.05, 4.69) is 38.7 Å². The number of thiocarbonyl (C=S) groups is 1. The molecule has 0 aliphatic heterocycles. The SMILES string of the molecule is O=C(NC(=S)NCCc1ccc(Br)cc1)c1ccccc1. The molecule has 0 aliphatic rings. The minimum Gasteiger partial charge on any atom is -0.362 e. The Bertz CT molecular complexity index is 614. The largest absolute Gasteiger partial charge is 0.362 e. The topological polar surface area (TPSA) is 41.1 Å². The van der Waals surface area contributed by atoms with Gasteiger partial charge in [-0.2, -0.15) is 0 Å². The van der Waals surface area contributed by atoms with Crippen LogP contribution in [0.3, 0.4) is 0 Å². The van der Waals surface area contributed by atoms with E-state index in [1.807, 2.05) is 30.3 Å². The van der Waals surface area contributed by atoms with Gasteiger partial charge in [0.15, 0.2) is 5.11 Å². The number of hydrogen-bond acceptors (Lipinski definition) is 2. The molecular formula is C16H15BrN2OS. The van der Waals surface area contributed by atoms with E-state index in [0.717, 1.165) is 10.9 Å². The van der Waals surface area contributed by atoms with Crippen molar-refractivity contribution < 1.29 is 4.79 Å². The molecule has 0 aromatic heterocycles. The van der Waals surface area contributed by atoms with E-state index in [1.165, 1.54) is 5.56 Å². The molecule has 0 saturated heterocycles. The molecule has 1 amide bonds. The molecule has 0 spiro atoms. The standard InChI is InChI=1S/C16H15BrN2OS/c17-14-8-6-12(7-9-14)10-11-18-16(21)19-15(20)13-4-2-1-3-5-13/h1-9H,10-11H2,(H2,18,19,20,21). The molecule has 0 unspecified atom stereocenters. The molecule has 0 bridgehead atoms. The summed E-state index contributed by atoms with van der Waals surface area (Å²) in [6.45, 7) is 0.676. The highest BCUT2D eigenvalue weighted by molar-refractivity contribution is 9.10. The number of hydrogen-bond donors (Lipinski definition) is 2. The molecule has 0 radical (unpaired) electrons. The number of halogens is 1. The van der Waals surface area contributed by atoms with Crippen LogP contribution >= 0.6 is 28.1 Å². The Balaban J connectivity index is 1.75. The van der Waals surface area contributed by atoms with Crippen LogP contribution in [-0.2, 0) is 6.42 Å². The zero-order chi connectivity index (χ0) is 15.1. The quantitative estimate of drug-likeness (QED) is 0.819. The smallest absolute Gasteiger partial charge is 0.257 e. The molecule has 0 atom stereocenters. The van der Waals surface area contributed by atoms with Gasteiger partial charge in [-0.25, -0.2) is 0 Å². The van der Waals surface area contributed by atoms with Gasteiger partial charge in [0, 0.05) is 16.6 Å². The van der Waals surface area contributed by atoms with Gasteiger partial charge in [0.2, 0.25) is 0 Å². The zero-order valence-electron chi connectivity index (χ0n) is 11.3. The number of amides is 1. The van der Waals surface area contributed by atoms with Crippen LogP contribution in [0, 0.1) is 0 Å². The lowest BCUT2D eigenvalue weighted by Crippen LogP contribution is -2.40. The molecule has 2 rings (SSSR count). The summed E-state index contributed by atoms with van der Waals surface area (Å²) >= 11 is 8.52. The van der Waals surface area contributed by atoms with Crippen molar-refractivity contribution in [2.75, 3.05) is 6.54 Å². The van der Waals surface area contributed by atoms with Crippen LogP contribution in [0.1, 0.15) is 15.9 Å². The molecule has 0 fully saturated rings. The van der Waals surface area contributed by atoms with E-state index < -0.39 is 0 Å². The first-order valence-corrected chi connectivity index (χ1v) is 7.74. The van der Waals surface area contributed by atoms with E-state index in [9.17, 15) is 4.79 Å². The maximum atomic E-state index is 11.9. The Morgan fingerprint density at radius 2 is 1.71 bits per heavy atom. The molecular weight excluding hydrogens is 348 g/mol. The highest BCUT2D eigenvalue weighted by Gasteiger charge is 2.06. The van der Waals surface area contributed by atoms with Crippen molar-refractivity contribution in [1.29, 1.82) is 0 Å². The van der Waals surface area contributed by atoms with E-state index in [-0.39, 0.29) is 5.91 Å². The molecule has 2 aromatic carbocycles. The normalized spacial score (nSPS) is 9.95. The van der Waals surface area contributed by atoms with Crippen LogP contribution < -0.4 is 10.6 Å². The first-order chi connectivity index (χ1) is 10.1. The van der Waals surface area contributed by atoms with Gasteiger partial charge in [-0.05, 0) is 48.5 Å². The molecule has 21 heavy (non-hydrogen) atoms. The molecule has 0 heterocycles. The lowest BCUT2D eigenvalue weighted by atomic mass is 10.1. The fraction of sp³-hybridized carbons (Fsp3) is 0.125. The first kappa shape index (κ1) is 15.7. The lowest BCUT2D eigenvalue weighted by molar-refractivity contribution is 0.0976. The monoisotopic (exact) mass is 362 g/mol. The van der Waals surface area contributed by atoms with E-state index in [1.54, 1.807) is 12.1 Å². The Hall–Kier alpha value is -1.72. The van der Waals surface area contributed by atoms with Crippen molar-refractivity contribution in [1.82, 2.24) is 10.6 Å². The van der Waals surface area contributed by atoms with E-state index >= 15 is 0 Å². The van der Waals surface area contributed by atoms with Crippen molar-refractivity contribution in [3.05, 3.63) is 70.2 Å². The third-order valence-electron chi connectivity index (χ3n) is 2.88. The molecule has 2 N–H and O–H groups in total. The molecule has 108 valence electrons. The van der Waals surface area contributed by atoms with Gasteiger partial charge in [0.25, 0.3) is 5.91 Å². The Morgan fingerprint density at radius 1 is 1.05 bits per heavy atom. The minimum atomic E-state index is -0.197. The van der Waals surface area contributed by atoms with Crippen molar-refractivity contribution >= 4 is 39.2 Å². The third-order valence-corrected chi connectivity index (χ3v) is 3.65. The predicted molar refractivity (Wildman–Crippen MR) is 92.4 cm³/mol. The van der Waals surface area contributed by atoms with E-state index in [4.69, 9.17) is 12.2 Å². The van der Waals surface area contributed by atoms with Crippen molar-refractivity contribution in [3.63, 3.8) is 0 Å². The van der Waals surface area contributed by atoms with Gasteiger partial charge in [-0.1, -0.05) is 46.3 Å². The van der Waals surface area contributed by atoms with Gasteiger partial charge >= 0.3 is 0 Å². The summed E-state index contributed by atoms with van der Waals surface area (Å²) in [6, 6.07) is 17.1. The Kier molecular flexibility index (Phi) is 5.90.